The van der Waals surface area contributed by atoms with Crippen molar-refractivity contribution in [2.75, 3.05) is 23.7 Å². The highest BCUT2D eigenvalue weighted by atomic mass is 16.5. The van der Waals surface area contributed by atoms with Gasteiger partial charge in [-0.15, -0.1) is 0 Å². The van der Waals surface area contributed by atoms with Crippen molar-refractivity contribution in [1.29, 1.82) is 5.26 Å². The minimum atomic E-state index is 0.170. The summed E-state index contributed by atoms with van der Waals surface area (Å²) in [5, 5.41) is 8.91. The Labute approximate surface area is 101 Å². The highest BCUT2D eigenvalue weighted by molar-refractivity contribution is 5.55. The van der Waals surface area contributed by atoms with Crippen molar-refractivity contribution < 1.29 is 4.74 Å². The number of aromatic nitrogens is 1. The standard InChI is InChI=1S/C12H16N4O/c1-8-6-16(7-9(2)17-8)12-4-3-10(14)11(5-13)15-12/h3-4,8-9H,6-7,14H2,1-2H3. The Bertz CT molecular complexity index is 444. The van der Waals surface area contributed by atoms with Gasteiger partial charge in [0.05, 0.1) is 17.9 Å². The lowest BCUT2D eigenvalue weighted by Crippen LogP contribution is -2.45. The molecule has 0 spiro atoms. The molecule has 1 aliphatic heterocycles. The topological polar surface area (TPSA) is 75.2 Å². The van der Waals surface area contributed by atoms with Crippen LogP contribution in [0.3, 0.4) is 0 Å². The molecule has 2 atom stereocenters. The van der Waals surface area contributed by atoms with E-state index in [-0.39, 0.29) is 17.9 Å². The minimum Gasteiger partial charge on any atom is -0.396 e. The number of nitrogens with two attached hydrogens (primary N) is 1. The van der Waals surface area contributed by atoms with Gasteiger partial charge >= 0.3 is 0 Å². The Morgan fingerprint density at radius 2 is 2.06 bits per heavy atom. The minimum absolute atomic E-state index is 0.170. The number of nitriles is 1. The van der Waals surface area contributed by atoms with Crippen molar-refractivity contribution in [3.63, 3.8) is 0 Å². The third-order valence-electron chi connectivity index (χ3n) is 2.76. The molecule has 0 aliphatic carbocycles. The monoisotopic (exact) mass is 232 g/mol. The number of hydrogen-bond acceptors (Lipinski definition) is 5. The Kier molecular flexibility index (Phi) is 3.16. The van der Waals surface area contributed by atoms with Gasteiger partial charge in [-0.05, 0) is 26.0 Å². The maximum atomic E-state index is 8.91. The SMILES string of the molecule is CC1CN(c2ccc(N)c(C#N)n2)CC(C)O1. The van der Waals surface area contributed by atoms with E-state index in [2.05, 4.69) is 9.88 Å². The molecule has 0 aromatic carbocycles. The molecule has 0 radical (unpaired) electrons. The molecule has 1 aliphatic rings. The Hall–Kier alpha value is -1.80. The smallest absolute Gasteiger partial charge is 0.165 e. The molecule has 0 bridgehead atoms. The van der Waals surface area contributed by atoms with Gasteiger partial charge in [0.2, 0.25) is 0 Å². The van der Waals surface area contributed by atoms with Crippen LogP contribution < -0.4 is 10.6 Å². The molecule has 1 aromatic heterocycles. The van der Waals surface area contributed by atoms with E-state index < -0.39 is 0 Å². The molecular weight excluding hydrogens is 216 g/mol. The van der Waals surface area contributed by atoms with E-state index in [1.807, 2.05) is 26.0 Å². The van der Waals surface area contributed by atoms with Gasteiger partial charge in [0.25, 0.3) is 0 Å². The van der Waals surface area contributed by atoms with Gasteiger partial charge in [-0.1, -0.05) is 0 Å². The van der Waals surface area contributed by atoms with Gasteiger partial charge < -0.3 is 15.4 Å². The fourth-order valence-corrected chi connectivity index (χ4v) is 2.09. The van der Waals surface area contributed by atoms with Crippen LogP contribution in [-0.2, 0) is 4.74 Å². The number of nitrogen functional groups attached to an aromatic ring is 1. The average Bonchev–Trinajstić information content (AvgIpc) is 2.28. The van der Waals surface area contributed by atoms with Crippen LogP contribution in [0.2, 0.25) is 0 Å². The largest absolute Gasteiger partial charge is 0.396 e. The fourth-order valence-electron chi connectivity index (χ4n) is 2.09. The van der Waals surface area contributed by atoms with Crippen molar-refractivity contribution >= 4 is 11.5 Å². The molecule has 2 rings (SSSR count). The van der Waals surface area contributed by atoms with E-state index in [0.717, 1.165) is 18.9 Å². The lowest BCUT2D eigenvalue weighted by atomic mass is 10.2. The lowest BCUT2D eigenvalue weighted by Gasteiger charge is -2.36. The van der Waals surface area contributed by atoms with Crippen LogP contribution in [-0.4, -0.2) is 30.3 Å². The van der Waals surface area contributed by atoms with Gasteiger partial charge in [0, 0.05) is 13.1 Å². The molecular formula is C12H16N4O. The van der Waals surface area contributed by atoms with Crippen LogP contribution in [0.25, 0.3) is 0 Å². The van der Waals surface area contributed by atoms with Gasteiger partial charge in [-0.2, -0.15) is 5.26 Å². The third kappa shape index (κ3) is 2.48. The summed E-state index contributed by atoms with van der Waals surface area (Å²) in [6.07, 6.45) is 0.340. The second-order valence-electron chi connectivity index (χ2n) is 4.38. The quantitative estimate of drug-likeness (QED) is 0.786. The summed E-state index contributed by atoms with van der Waals surface area (Å²) < 4.78 is 5.66. The first-order valence-electron chi connectivity index (χ1n) is 5.67. The summed E-state index contributed by atoms with van der Waals surface area (Å²) >= 11 is 0. The van der Waals surface area contributed by atoms with Crippen LogP contribution in [0.4, 0.5) is 11.5 Å². The van der Waals surface area contributed by atoms with Gasteiger partial charge in [0.15, 0.2) is 5.69 Å². The van der Waals surface area contributed by atoms with E-state index in [4.69, 9.17) is 15.7 Å². The summed E-state index contributed by atoms with van der Waals surface area (Å²) in [5.41, 5.74) is 6.36. The zero-order valence-electron chi connectivity index (χ0n) is 10.1. The molecule has 0 amide bonds. The molecule has 5 heteroatoms. The van der Waals surface area contributed by atoms with Crippen molar-refractivity contribution in [2.24, 2.45) is 0 Å². The van der Waals surface area contributed by atoms with Gasteiger partial charge in [-0.25, -0.2) is 4.98 Å². The van der Waals surface area contributed by atoms with Crippen LogP contribution in [0.15, 0.2) is 12.1 Å². The van der Waals surface area contributed by atoms with Crippen LogP contribution in [0.1, 0.15) is 19.5 Å². The van der Waals surface area contributed by atoms with Crippen molar-refractivity contribution in [2.45, 2.75) is 26.1 Å². The lowest BCUT2D eigenvalue weighted by molar-refractivity contribution is -0.00545. The first-order chi connectivity index (χ1) is 8.10. The number of anilines is 2. The van der Waals surface area contributed by atoms with E-state index >= 15 is 0 Å². The maximum absolute atomic E-state index is 8.91. The number of rotatable bonds is 1. The molecule has 0 saturated carbocycles. The number of ether oxygens (including phenoxy) is 1. The number of morpholine rings is 1. The van der Waals surface area contributed by atoms with Gasteiger partial charge in [-0.3, -0.25) is 0 Å². The van der Waals surface area contributed by atoms with E-state index in [9.17, 15) is 0 Å². The van der Waals surface area contributed by atoms with E-state index in [0.29, 0.717) is 5.69 Å². The predicted molar refractivity (Wildman–Crippen MR) is 65.6 cm³/mol. The Morgan fingerprint density at radius 1 is 1.41 bits per heavy atom. The summed E-state index contributed by atoms with van der Waals surface area (Å²) in [6, 6.07) is 5.58. The maximum Gasteiger partial charge on any atom is 0.165 e. The van der Waals surface area contributed by atoms with Crippen LogP contribution >= 0.6 is 0 Å². The van der Waals surface area contributed by atoms with Crippen LogP contribution in [0, 0.1) is 11.3 Å². The van der Waals surface area contributed by atoms with E-state index in [1.54, 1.807) is 6.07 Å². The zero-order chi connectivity index (χ0) is 12.4. The number of hydrogen-bond donors (Lipinski definition) is 1. The molecule has 1 fully saturated rings. The number of pyridine rings is 1. The summed E-state index contributed by atoms with van der Waals surface area (Å²) in [7, 11) is 0. The van der Waals surface area contributed by atoms with Crippen LogP contribution in [0.5, 0.6) is 0 Å². The molecule has 1 saturated heterocycles. The first-order valence-corrected chi connectivity index (χ1v) is 5.67. The molecule has 2 unspecified atom stereocenters. The number of nitrogens with zero attached hydrogens (tertiary/aromatic N) is 3. The second kappa shape index (κ2) is 4.60. The summed E-state index contributed by atoms with van der Waals surface area (Å²) in [4.78, 5) is 6.39. The third-order valence-corrected chi connectivity index (χ3v) is 2.76. The molecule has 5 nitrogen and oxygen atoms in total. The molecule has 2 N–H and O–H groups in total. The molecule has 90 valence electrons. The van der Waals surface area contributed by atoms with Crippen molar-refractivity contribution in [3.8, 4) is 6.07 Å². The normalized spacial score (nSPS) is 24.4. The average molecular weight is 232 g/mol. The Balaban J connectivity index is 2.25. The predicted octanol–water partition coefficient (Wildman–Crippen LogP) is 1.15. The molecule has 17 heavy (non-hydrogen) atoms. The Morgan fingerprint density at radius 3 is 2.65 bits per heavy atom. The van der Waals surface area contributed by atoms with E-state index in [1.165, 1.54) is 0 Å². The highest BCUT2D eigenvalue weighted by Crippen LogP contribution is 2.20. The fraction of sp³-hybridized carbons (Fsp3) is 0.500. The van der Waals surface area contributed by atoms with Crippen molar-refractivity contribution in [1.82, 2.24) is 4.98 Å². The summed E-state index contributed by atoms with van der Waals surface area (Å²) in [5.74, 6) is 0.790. The zero-order valence-corrected chi connectivity index (χ0v) is 10.1. The second-order valence-corrected chi connectivity index (χ2v) is 4.38. The molecule has 2 heterocycles. The van der Waals surface area contributed by atoms with Crippen molar-refractivity contribution in [3.05, 3.63) is 17.8 Å². The highest BCUT2D eigenvalue weighted by Gasteiger charge is 2.23. The van der Waals surface area contributed by atoms with Gasteiger partial charge in [0.1, 0.15) is 11.9 Å². The first kappa shape index (κ1) is 11.7. The summed E-state index contributed by atoms with van der Waals surface area (Å²) in [6.45, 7) is 5.63. The molecule has 1 aromatic rings.